The van der Waals surface area contributed by atoms with E-state index >= 15 is 0 Å². The lowest BCUT2D eigenvalue weighted by molar-refractivity contribution is 0.636. The average molecular weight is 219 g/mol. The standard InChI is InChI=1S/C13H14FNO/c1-4-9-8(3)15-12-10(14)6-5-7(2)11(12)13(9)16/h5-6H,4H2,1-3H3,(H,15,16). The monoisotopic (exact) mass is 219 g/mol. The van der Waals surface area contributed by atoms with Gasteiger partial charge in [0.1, 0.15) is 5.82 Å². The van der Waals surface area contributed by atoms with Crippen molar-refractivity contribution in [1.29, 1.82) is 0 Å². The van der Waals surface area contributed by atoms with Crippen LogP contribution in [-0.2, 0) is 6.42 Å². The molecule has 0 bridgehead atoms. The summed E-state index contributed by atoms with van der Waals surface area (Å²) in [6.45, 7) is 5.56. The van der Waals surface area contributed by atoms with Crippen LogP contribution in [0.2, 0.25) is 0 Å². The van der Waals surface area contributed by atoms with Crippen LogP contribution in [-0.4, -0.2) is 4.98 Å². The molecule has 1 heterocycles. The largest absolute Gasteiger partial charge is 0.356 e. The zero-order chi connectivity index (χ0) is 11.9. The number of aryl methyl sites for hydroxylation is 2. The van der Waals surface area contributed by atoms with Crippen molar-refractivity contribution in [3.05, 3.63) is 45.0 Å². The van der Waals surface area contributed by atoms with Crippen molar-refractivity contribution in [1.82, 2.24) is 4.98 Å². The Morgan fingerprint density at radius 2 is 2.00 bits per heavy atom. The lowest BCUT2D eigenvalue weighted by Crippen LogP contribution is -2.14. The van der Waals surface area contributed by atoms with Gasteiger partial charge in [-0.05, 0) is 31.9 Å². The lowest BCUT2D eigenvalue weighted by atomic mass is 10.0. The van der Waals surface area contributed by atoms with Gasteiger partial charge in [0.05, 0.1) is 10.9 Å². The normalized spacial score (nSPS) is 11.0. The molecule has 0 fully saturated rings. The molecule has 0 radical (unpaired) electrons. The minimum absolute atomic E-state index is 0.0502. The van der Waals surface area contributed by atoms with Crippen LogP contribution in [0.25, 0.3) is 10.9 Å². The number of nitrogens with one attached hydrogen (secondary N) is 1. The molecule has 0 aliphatic rings. The number of H-pyrrole nitrogens is 1. The van der Waals surface area contributed by atoms with Crippen LogP contribution in [0.4, 0.5) is 4.39 Å². The Balaban J connectivity index is 3.05. The summed E-state index contributed by atoms with van der Waals surface area (Å²) in [4.78, 5) is 15.2. The maximum absolute atomic E-state index is 13.6. The first-order valence-corrected chi connectivity index (χ1v) is 5.36. The van der Waals surface area contributed by atoms with Crippen LogP contribution in [0.15, 0.2) is 16.9 Å². The van der Waals surface area contributed by atoms with Gasteiger partial charge < -0.3 is 4.98 Å². The minimum atomic E-state index is -0.372. The van der Waals surface area contributed by atoms with Gasteiger partial charge in [-0.25, -0.2) is 4.39 Å². The second kappa shape index (κ2) is 3.74. The van der Waals surface area contributed by atoms with Gasteiger partial charge in [0.25, 0.3) is 0 Å². The summed E-state index contributed by atoms with van der Waals surface area (Å²) in [5, 5.41) is 0.474. The molecule has 2 nitrogen and oxygen atoms in total. The van der Waals surface area contributed by atoms with Gasteiger partial charge in [-0.1, -0.05) is 13.0 Å². The van der Waals surface area contributed by atoms with Crippen molar-refractivity contribution in [3.8, 4) is 0 Å². The molecule has 0 unspecified atom stereocenters. The van der Waals surface area contributed by atoms with Gasteiger partial charge in [0.15, 0.2) is 5.43 Å². The van der Waals surface area contributed by atoms with Gasteiger partial charge in [0, 0.05) is 11.3 Å². The minimum Gasteiger partial charge on any atom is -0.356 e. The van der Waals surface area contributed by atoms with Crippen LogP contribution in [0.3, 0.4) is 0 Å². The summed E-state index contributed by atoms with van der Waals surface area (Å²) in [6, 6.07) is 3.03. The molecule has 0 atom stereocenters. The summed E-state index contributed by atoms with van der Waals surface area (Å²) in [6.07, 6.45) is 0.660. The number of hydrogen-bond acceptors (Lipinski definition) is 1. The molecule has 1 aromatic carbocycles. The number of aromatic nitrogens is 1. The van der Waals surface area contributed by atoms with E-state index in [1.165, 1.54) is 6.07 Å². The maximum atomic E-state index is 13.6. The molecule has 1 aromatic heterocycles. The van der Waals surface area contributed by atoms with Gasteiger partial charge >= 0.3 is 0 Å². The quantitative estimate of drug-likeness (QED) is 0.786. The van der Waals surface area contributed by atoms with E-state index in [-0.39, 0.29) is 11.2 Å². The molecule has 16 heavy (non-hydrogen) atoms. The first-order valence-electron chi connectivity index (χ1n) is 5.36. The number of rotatable bonds is 1. The van der Waals surface area contributed by atoms with Crippen molar-refractivity contribution < 1.29 is 4.39 Å². The first kappa shape index (κ1) is 10.9. The third-order valence-electron chi connectivity index (χ3n) is 2.98. The van der Waals surface area contributed by atoms with E-state index in [9.17, 15) is 9.18 Å². The van der Waals surface area contributed by atoms with Crippen LogP contribution in [0, 0.1) is 19.7 Å². The van der Waals surface area contributed by atoms with Crippen LogP contribution in [0.1, 0.15) is 23.7 Å². The summed E-state index contributed by atoms with van der Waals surface area (Å²) in [5.74, 6) is -0.372. The maximum Gasteiger partial charge on any atom is 0.193 e. The third-order valence-corrected chi connectivity index (χ3v) is 2.98. The average Bonchev–Trinajstić information content (AvgIpc) is 2.24. The van der Waals surface area contributed by atoms with Crippen molar-refractivity contribution in [3.63, 3.8) is 0 Å². The third kappa shape index (κ3) is 1.43. The van der Waals surface area contributed by atoms with Crippen molar-refractivity contribution in [2.75, 3.05) is 0 Å². The Morgan fingerprint density at radius 1 is 1.31 bits per heavy atom. The van der Waals surface area contributed by atoms with Crippen LogP contribution in [0.5, 0.6) is 0 Å². The van der Waals surface area contributed by atoms with E-state index in [2.05, 4.69) is 4.98 Å². The Morgan fingerprint density at radius 3 is 2.62 bits per heavy atom. The molecule has 3 heteroatoms. The number of pyridine rings is 1. The second-order valence-corrected chi connectivity index (χ2v) is 4.03. The highest BCUT2D eigenvalue weighted by molar-refractivity contribution is 5.83. The number of fused-ring (bicyclic) bond motifs is 1. The topological polar surface area (TPSA) is 32.9 Å². The highest BCUT2D eigenvalue weighted by atomic mass is 19.1. The van der Waals surface area contributed by atoms with Gasteiger partial charge in [-0.3, -0.25) is 4.79 Å². The summed E-state index contributed by atoms with van der Waals surface area (Å²) < 4.78 is 13.6. The molecule has 0 aliphatic carbocycles. The Bertz CT molecular complexity index is 613. The Labute approximate surface area is 93.1 Å². The molecule has 84 valence electrons. The van der Waals surface area contributed by atoms with E-state index < -0.39 is 0 Å². The molecular weight excluding hydrogens is 205 g/mol. The summed E-state index contributed by atoms with van der Waals surface area (Å²) in [5.41, 5.74) is 2.57. The molecule has 1 N–H and O–H groups in total. The molecule has 0 amide bonds. The van der Waals surface area contributed by atoms with Gasteiger partial charge in [0.2, 0.25) is 0 Å². The number of halogens is 1. The van der Waals surface area contributed by atoms with Crippen molar-refractivity contribution >= 4 is 10.9 Å². The number of benzene rings is 1. The number of hydrogen-bond donors (Lipinski definition) is 1. The van der Waals surface area contributed by atoms with Crippen LogP contribution >= 0.6 is 0 Å². The predicted molar refractivity (Wildman–Crippen MR) is 63.4 cm³/mol. The van der Waals surface area contributed by atoms with E-state index in [1.54, 1.807) is 13.0 Å². The van der Waals surface area contributed by atoms with Gasteiger partial charge in [-0.15, -0.1) is 0 Å². The fourth-order valence-corrected chi connectivity index (χ4v) is 2.11. The van der Waals surface area contributed by atoms with E-state index in [0.717, 1.165) is 16.8 Å². The summed E-state index contributed by atoms with van der Waals surface area (Å²) in [7, 11) is 0. The predicted octanol–water partition coefficient (Wildman–Crippen LogP) is 2.85. The zero-order valence-corrected chi connectivity index (χ0v) is 9.65. The van der Waals surface area contributed by atoms with Crippen molar-refractivity contribution in [2.45, 2.75) is 27.2 Å². The highest BCUT2D eigenvalue weighted by Crippen LogP contribution is 2.18. The van der Waals surface area contributed by atoms with E-state index in [1.807, 2.05) is 13.8 Å². The first-order chi connectivity index (χ1) is 7.56. The van der Waals surface area contributed by atoms with Crippen molar-refractivity contribution in [2.24, 2.45) is 0 Å². The summed E-state index contributed by atoms with van der Waals surface area (Å²) >= 11 is 0. The molecule has 0 saturated heterocycles. The zero-order valence-electron chi connectivity index (χ0n) is 9.65. The molecule has 0 saturated carbocycles. The second-order valence-electron chi connectivity index (χ2n) is 4.03. The Hall–Kier alpha value is -1.64. The molecule has 0 spiro atoms. The fraction of sp³-hybridized carbons (Fsp3) is 0.308. The molecule has 2 aromatic rings. The van der Waals surface area contributed by atoms with E-state index in [4.69, 9.17) is 0 Å². The SMILES string of the molecule is CCc1c(C)[nH]c2c(F)ccc(C)c2c1=O. The molecule has 0 aliphatic heterocycles. The highest BCUT2D eigenvalue weighted by Gasteiger charge is 2.12. The van der Waals surface area contributed by atoms with Gasteiger partial charge in [-0.2, -0.15) is 0 Å². The molecular formula is C13H14FNO. The molecule has 2 rings (SSSR count). The fourth-order valence-electron chi connectivity index (χ4n) is 2.11. The lowest BCUT2D eigenvalue weighted by Gasteiger charge is -2.08. The Kier molecular flexibility index (Phi) is 2.54. The number of aromatic amines is 1. The van der Waals surface area contributed by atoms with Crippen LogP contribution < -0.4 is 5.43 Å². The smallest absolute Gasteiger partial charge is 0.193 e. The van der Waals surface area contributed by atoms with E-state index in [0.29, 0.717) is 17.3 Å².